The quantitative estimate of drug-likeness (QED) is 0.676. The van der Waals surface area contributed by atoms with Gasteiger partial charge in [0, 0.05) is 5.57 Å². The predicted molar refractivity (Wildman–Crippen MR) is 65.8 cm³/mol. The van der Waals surface area contributed by atoms with Crippen LogP contribution in [-0.4, -0.2) is 11.9 Å². The zero-order valence-corrected chi connectivity index (χ0v) is 14.2. The van der Waals surface area contributed by atoms with Gasteiger partial charge in [0.15, 0.2) is 0 Å². The summed E-state index contributed by atoms with van der Waals surface area (Å²) in [7, 11) is 0. The monoisotopic (exact) mass is 245 g/mol. The number of carbonyl (C=O) groups excluding carboxylic acids is 1. The van der Waals surface area contributed by atoms with Gasteiger partial charge in [-0.25, -0.2) is 0 Å². The Balaban J connectivity index is 0. The van der Waals surface area contributed by atoms with E-state index in [-0.39, 0.29) is 63.3 Å². The van der Waals surface area contributed by atoms with Crippen LogP contribution in [-0.2, 0) is 4.79 Å². The largest absolute Gasteiger partial charge is 1.00 e. The van der Waals surface area contributed by atoms with Crippen LogP contribution in [0.4, 0.5) is 0 Å². The molecule has 1 aliphatic rings. The van der Waals surface area contributed by atoms with E-state index in [0.717, 1.165) is 12.0 Å². The second-order valence-corrected chi connectivity index (χ2v) is 2.99. The smallest absolute Gasteiger partial charge is 0.643 e. The third-order valence-electron chi connectivity index (χ3n) is 2.04. The molecule has 2 nitrogen and oxygen atoms in total. The molecule has 1 aliphatic heterocycles. The molecule has 0 N–H and O–H groups in total. The fourth-order valence-corrected chi connectivity index (χ4v) is 1.34. The van der Waals surface area contributed by atoms with Crippen molar-refractivity contribution in [1.82, 2.24) is 0 Å². The van der Waals surface area contributed by atoms with Crippen LogP contribution in [0.25, 0.3) is 5.32 Å². The van der Waals surface area contributed by atoms with E-state index in [1.807, 2.05) is 32.9 Å². The molecule has 1 heterocycles. The van der Waals surface area contributed by atoms with Crippen molar-refractivity contribution in [3.05, 3.63) is 41.3 Å². The molecular weight excluding hydrogens is 225 g/mol. The molecule has 1 rings (SSSR count). The van der Waals surface area contributed by atoms with E-state index in [1.54, 1.807) is 6.08 Å². The Morgan fingerprint density at radius 3 is 2.44 bits per heavy atom. The molecule has 1 atom stereocenters. The number of carbonyl (C=O) groups is 1. The summed E-state index contributed by atoms with van der Waals surface area (Å²) in [5.41, 5.74) is 1.64. The summed E-state index contributed by atoms with van der Waals surface area (Å²) in [5.74, 6) is -0.141. The second kappa shape index (κ2) is 10.5. The minimum Gasteiger partial charge on any atom is -0.643 e. The van der Waals surface area contributed by atoms with Crippen LogP contribution in [0, 0.1) is 0 Å². The third kappa shape index (κ3) is 5.10. The van der Waals surface area contributed by atoms with Gasteiger partial charge in [-0.05, 0) is 6.42 Å². The van der Waals surface area contributed by atoms with Crippen molar-refractivity contribution >= 4 is 5.91 Å². The van der Waals surface area contributed by atoms with Crippen LogP contribution in [0.2, 0.25) is 0 Å². The van der Waals surface area contributed by atoms with E-state index >= 15 is 0 Å². The Hall–Kier alpha value is 0.326. The first-order valence-corrected chi connectivity index (χ1v) is 5.49. The van der Waals surface area contributed by atoms with Gasteiger partial charge < -0.3 is 10.1 Å². The Morgan fingerprint density at radius 2 is 2.00 bits per heavy atom. The molecule has 0 fully saturated rings. The van der Waals surface area contributed by atoms with E-state index in [1.165, 1.54) is 0 Å². The summed E-state index contributed by atoms with van der Waals surface area (Å²) in [6.45, 7) is 11.6. The van der Waals surface area contributed by atoms with E-state index in [2.05, 4.69) is 18.8 Å². The molecular formula is C13H20KNO. The van der Waals surface area contributed by atoms with Gasteiger partial charge in [0.25, 0.3) is 0 Å². The molecule has 0 spiro atoms. The minimum absolute atomic E-state index is 0. The van der Waals surface area contributed by atoms with Crippen molar-refractivity contribution in [1.29, 1.82) is 0 Å². The van der Waals surface area contributed by atoms with Gasteiger partial charge >= 0.3 is 51.4 Å². The summed E-state index contributed by atoms with van der Waals surface area (Å²) < 4.78 is 0. The van der Waals surface area contributed by atoms with Gasteiger partial charge in [0.2, 0.25) is 0 Å². The number of amides is 1. The molecule has 84 valence electrons. The van der Waals surface area contributed by atoms with Crippen LogP contribution in [0.5, 0.6) is 0 Å². The molecule has 0 bridgehead atoms. The topological polar surface area (TPSA) is 31.2 Å². The number of hydrogen-bond donors (Lipinski definition) is 0. The normalized spacial score (nSPS) is 18.8. The maximum Gasteiger partial charge on any atom is 1.00 e. The Kier molecular flexibility index (Phi) is 12.2. The minimum atomic E-state index is -0.141. The van der Waals surface area contributed by atoms with E-state index in [4.69, 9.17) is 0 Å². The first-order chi connectivity index (χ1) is 7.20. The number of rotatable bonds is 3. The summed E-state index contributed by atoms with van der Waals surface area (Å²) in [6, 6.07) is -0.0108. The Labute approximate surface area is 142 Å². The fraction of sp³-hybridized carbons (Fsp3) is 0.462. The summed E-state index contributed by atoms with van der Waals surface area (Å²) in [4.78, 5) is 11.3. The average Bonchev–Trinajstić information content (AvgIpc) is 2.52. The Morgan fingerprint density at radius 1 is 1.44 bits per heavy atom. The zero-order chi connectivity index (χ0) is 11.8. The van der Waals surface area contributed by atoms with Crippen molar-refractivity contribution < 1.29 is 56.2 Å². The summed E-state index contributed by atoms with van der Waals surface area (Å²) in [5, 5.41) is 3.94. The van der Waals surface area contributed by atoms with E-state index in [9.17, 15) is 4.79 Å². The standard InChI is InChI=1S/C11H15NO.C2H6.K/c1-4-6-7-10-8(3)12-11(13)9(10)5-2;1-2;/h5-8H,2,4H2,1,3H3,(H,12,13);1-2H3;/q;;+1/p-1/b7-6-;;. The second-order valence-electron chi connectivity index (χ2n) is 2.99. The van der Waals surface area contributed by atoms with Gasteiger partial charge in [-0.2, -0.15) is 0 Å². The summed E-state index contributed by atoms with van der Waals surface area (Å²) >= 11 is 0. The third-order valence-corrected chi connectivity index (χ3v) is 2.04. The van der Waals surface area contributed by atoms with Crippen molar-refractivity contribution in [2.45, 2.75) is 40.2 Å². The molecule has 0 radical (unpaired) electrons. The molecule has 0 saturated carbocycles. The van der Waals surface area contributed by atoms with Crippen molar-refractivity contribution in [2.75, 3.05) is 0 Å². The molecule has 3 heteroatoms. The van der Waals surface area contributed by atoms with Crippen molar-refractivity contribution in [3.63, 3.8) is 0 Å². The van der Waals surface area contributed by atoms with E-state index in [0.29, 0.717) is 5.57 Å². The van der Waals surface area contributed by atoms with E-state index < -0.39 is 0 Å². The first kappa shape index (κ1) is 18.7. The van der Waals surface area contributed by atoms with Crippen LogP contribution in [0.15, 0.2) is 36.0 Å². The molecule has 1 amide bonds. The van der Waals surface area contributed by atoms with Crippen LogP contribution in [0.3, 0.4) is 0 Å². The van der Waals surface area contributed by atoms with Gasteiger partial charge in [-0.1, -0.05) is 64.1 Å². The maximum atomic E-state index is 11.3. The van der Waals surface area contributed by atoms with Gasteiger partial charge in [-0.3, -0.25) is 0 Å². The van der Waals surface area contributed by atoms with Crippen LogP contribution < -0.4 is 51.4 Å². The average molecular weight is 245 g/mol. The fourth-order valence-electron chi connectivity index (χ4n) is 1.34. The van der Waals surface area contributed by atoms with Crippen LogP contribution >= 0.6 is 0 Å². The van der Waals surface area contributed by atoms with Gasteiger partial charge in [-0.15, -0.1) is 0 Å². The molecule has 0 aromatic heterocycles. The maximum absolute atomic E-state index is 11.3. The molecule has 16 heavy (non-hydrogen) atoms. The molecule has 0 aromatic carbocycles. The summed E-state index contributed by atoms with van der Waals surface area (Å²) in [6.07, 6.45) is 6.55. The SMILES string of the molecule is C=CC1=C(/C=C\CC)C(C)[N-]C1=O.CC.[K+]. The van der Waals surface area contributed by atoms with Gasteiger partial charge in [0.05, 0.1) is 5.91 Å². The predicted octanol–water partition coefficient (Wildman–Crippen LogP) is 0.768. The van der Waals surface area contributed by atoms with Crippen molar-refractivity contribution in [3.8, 4) is 0 Å². The van der Waals surface area contributed by atoms with Crippen LogP contribution in [0.1, 0.15) is 34.1 Å². The Bertz CT molecular complexity index is 292. The number of allylic oxidation sites excluding steroid dienone is 1. The zero-order valence-electron chi connectivity index (χ0n) is 11.1. The molecule has 1 unspecified atom stereocenters. The molecule has 0 aromatic rings. The molecule has 0 aliphatic carbocycles. The van der Waals surface area contributed by atoms with Crippen molar-refractivity contribution in [2.24, 2.45) is 0 Å². The number of hydrogen-bond acceptors (Lipinski definition) is 1. The first-order valence-electron chi connectivity index (χ1n) is 5.49. The number of nitrogens with zero attached hydrogens (tertiary/aromatic N) is 1. The van der Waals surface area contributed by atoms with Gasteiger partial charge in [0.1, 0.15) is 0 Å². The molecule has 0 saturated heterocycles.